The van der Waals surface area contributed by atoms with E-state index in [4.69, 9.17) is 26.6 Å². The quantitative estimate of drug-likeness (QED) is 0.310. The fraction of sp³-hybridized carbons (Fsp3) is 0.269. The standard InChI is InChI=1S/C24H25ClN4O.C2HF3O2/c1-24(2,3)21-20-13-17(15-26-14-16-7-5-4-6-8-16)23(30)27-22(20)29(28-21)19-11-9-18(25)10-12-19;3-2(4,5)1(6)7/h4-13,26H,14-15H2,1-3H3,(H,27,30);(H,6,7). The highest BCUT2D eigenvalue weighted by Crippen LogP contribution is 2.30. The number of nitrogens with zero attached hydrogens (tertiary/aromatic N) is 2. The molecular weight excluding hydrogens is 509 g/mol. The number of H-pyrrole nitrogens is 1. The average molecular weight is 535 g/mol. The van der Waals surface area contributed by atoms with Gasteiger partial charge in [-0.05, 0) is 35.9 Å². The van der Waals surface area contributed by atoms with Crippen molar-refractivity contribution in [1.82, 2.24) is 20.1 Å². The number of aromatic amines is 1. The van der Waals surface area contributed by atoms with Crippen molar-refractivity contribution in [1.29, 1.82) is 0 Å². The predicted octanol–water partition coefficient (Wildman–Crippen LogP) is 5.59. The van der Waals surface area contributed by atoms with Crippen molar-refractivity contribution in [3.63, 3.8) is 0 Å². The van der Waals surface area contributed by atoms with Crippen LogP contribution in [-0.2, 0) is 23.3 Å². The lowest BCUT2D eigenvalue weighted by atomic mass is 9.90. The van der Waals surface area contributed by atoms with E-state index in [0.717, 1.165) is 16.8 Å². The van der Waals surface area contributed by atoms with Gasteiger partial charge >= 0.3 is 12.1 Å². The zero-order valence-corrected chi connectivity index (χ0v) is 21.1. The zero-order chi connectivity index (χ0) is 27.4. The first-order valence-corrected chi connectivity index (χ1v) is 11.6. The van der Waals surface area contributed by atoms with E-state index in [1.807, 2.05) is 48.5 Å². The smallest absolute Gasteiger partial charge is 0.475 e. The van der Waals surface area contributed by atoms with Crippen molar-refractivity contribution < 1.29 is 23.1 Å². The summed E-state index contributed by atoms with van der Waals surface area (Å²) in [5.41, 5.74) is 4.07. The van der Waals surface area contributed by atoms with E-state index in [-0.39, 0.29) is 11.0 Å². The molecule has 196 valence electrons. The number of alkyl halides is 3. The van der Waals surface area contributed by atoms with Crippen LogP contribution in [0, 0.1) is 0 Å². The van der Waals surface area contributed by atoms with Gasteiger partial charge in [0.15, 0.2) is 0 Å². The van der Waals surface area contributed by atoms with Crippen molar-refractivity contribution in [3.8, 4) is 5.69 Å². The molecule has 4 aromatic rings. The molecule has 37 heavy (non-hydrogen) atoms. The minimum Gasteiger partial charge on any atom is -0.475 e. The van der Waals surface area contributed by atoms with E-state index >= 15 is 0 Å². The molecule has 0 spiro atoms. The van der Waals surface area contributed by atoms with Crippen LogP contribution in [0.1, 0.15) is 37.6 Å². The minimum absolute atomic E-state index is 0.112. The number of halogens is 4. The van der Waals surface area contributed by atoms with Crippen LogP contribution in [-0.4, -0.2) is 32.0 Å². The first-order valence-electron chi connectivity index (χ1n) is 11.2. The number of hydrogen-bond acceptors (Lipinski definition) is 4. The third kappa shape index (κ3) is 7.21. The molecule has 0 bridgehead atoms. The van der Waals surface area contributed by atoms with E-state index in [1.165, 1.54) is 5.56 Å². The maximum Gasteiger partial charge on any atom is 0.490 e. The Labute approximate surface area is 215 Å². The number of benzene rings is 2. The second kappa shape index (κ2) is 11.2. The summed E-state index contributed by atoms with van der Waals surface area (Å²) in [6.45, 7) is 7.56. The van der Waals surface area contributed by atoms with Crippen molar-refractivity contribution in [2.24, 2.45) is 0 Å². The molecule has 2 heterocycles. The summed E-state index contributed by atoms with van der Waals surface area (Å²) < 4.78 is 33.5. The van der Waals surface area contributed by atoms with Crippen molar-refractivity contribution in [2.45, 2.75) is 45.5 Å². The topological polar surface area (TPSA) is 100 Å². The Hall–Kier alpha value is -3.63. The third-order valence-electron chi connectivity index (χ3n) is 5.28. The molecule has 2 aromatic carbocycles. The first kappa shape index (κ1) is 27.9. The van der Waals surface area contributed by atoms with E-state index in [2.05, 4.69) is 43.2 Å². The van der Waals surface area contributed by atoms with Gasteiger partial charge in [0.05, 0.1) is 11.4 Å². The molecule has 2 aromatic heterocycles. The molecule has 0 unspecified atom stereocenters. The molecule has 0 amide bonds. The number of fused-ring (bicyclic) bond motifs is 1. The SMILES string of the molecule is CC(C)(C)c1nn(-c2ccc(Cl)cc2)c2[nH]c(=O)c(CNCc3ccccc3)cc12.O=C(O)C(F)(F)F. The first-order chi connectivity index (χ1) is 17.3. The van der Waals surface area contributed by atoms with Gasteiger partial charge in [-0.2, -0.15) is 18.3 Å². The monoisotopic (exact) mass is 534 g/mol. The summed E-state index contributed by atoms with van der Waals surface area (Å²) in [6.07, 6.45) is -5.08. The highest BCUT2D eigenvalue weighted by molar-refractivity contribution is 6.30. The van der Waals surface area contributed by atoms with Gasteiger partial charge in [-0.1, -0.05) is 62.7 Å². The molecule has 0 saturated carbocycles. The maximum atomic E-state index is 12.8. The van der Waals surface area contributed by atoms with Crippen LogP contribution in [0.4, 0.5) is 13.2 Å². The Bertz CT molecular complexity index is 1420. The largest absolute Gasteiger partial charge is 0.490 e. The fourth-order valence-electron chi connectivity index (χ4n) is 3.51. The third-order valence-corrected chi connectivity index (χ3v) is 5.53. The lowest BCUT2D eigenvalue weighted by Crippen LogP contribution is -2.21. The van der Waals surface area contributed by atoms with Crippen LogP contribution < -0.4 is 10.9 Å². The Balaban J connectivity index is 0.000000479. The molecule has 0 aliphatic heterocycles. The number of carboxylic acids is 1. The molecule has 0 atom stereocenters. The van der Waals surface area contributed by atoms with Crippen molar-refractivity contribution in [2.75, 3.05) is 0 Å². The number of aliphatic carboxylic acids is 1. The highest BCUT2D eigenvalue weighted by atomic mass is 35.5. The van der Waals surface area contributed by atoms with Gasteiger partial charge in [0.2, 0.25) is 0 Å². The molecule has 0 aliphatic rings. The molecule has 7 nitrogen and oxygen atoms in total. The summed E-state index contributed by atoms with van der Waals surface area (Å²) in [4.78, 5) is 24.8. The van der Waals surface area contributed by atoms with Gasteiger partial charge < -0.3 is 15.4 Å². The van der Waals surface area contributed by atoms with Crippen LogP contribution in [0.2, 0.25) is 5.02 Å². The Morgan fingerprint density at radius 2 is 1.65 bits per heavy atom. The predicted molar refractivity (Wildman–Crippen MR) is 136 cm³/mol. The van der Waals surface area contributed by atoms with Gasteiger partial charge in [-0.25, -0.2) is 9.48 Å². The number of aromatic nitrogens is 3. The van der Waals surface area contributed by atoms with Crippen molar-refractivity contribution >= 4 is 28.6 Å². The molecule has 0 radical (unpaired) electrons. The minimum atomic E-state index is -5.08. The van der Waals surface area contributed by atoms with Gasteiger partial charge in [-0.3, -0.25) is 4.79 Å². The number of rotatable bonds is 5. The van der Waals surface area contributed by atoms with Crippen molar-refractivity contribution in [3.05, 3.63) is 92.9 Å². The second-order valence-electron chi connectivity index (χ2n) is 9.26. The van der Waals surface area contributed by atoms with Gasteiger partial charge in [0, 0.05) is 34.5 Å². The molecule has 0 saturated heterocycles. The number of hydrogen-bond donors (Lipinski definition) is 3. The summed E-state index contributed by atoms with van der Waals surface area (Å²) >= 11 is 6.04. The molecule has 3 N–H and O–H groups in total. The van der Waals surface area contributed by atoms with Crippen LogP contribution in [0.25, 0.3) is 16.7 Å². The van der Waals surface area contributed by atoms with E-state index in [0.29, 0.717) is 29.3 Å². The highest BCUT2D eigenvalue weighted by Gasteiger charge is 2.38. The number of carbonyl (C=O) groups is 1. The average Bonchev–Trinajstić information content (AvgIpc) is 3.19. The number of nitrogens with one attached hydrogen (secondary N) is 2. The van der Waals surface area contributed by atoms with Gasteiger partial charge in [0.1, 0.15) is 5.65 Å². The molecule has 4 rings (SSSR count). The lowest BCUT2D eigenvalue weighted by molar-refractivity contribution is -0.192. The normalized spacial score (nSPS) is 11.8. The lowest BCUT2D eigenvalue weighted by Gasteiger charge is -2.15. The Kier molecular flexibility index (Phi) is 8.45. The van der Waals surface area contributed by atoms with E-state index in [1.54, 1.807) is 4.68 Å². The van der Waals surface area contributed by atoms with Crippen LogP contribution in [0.15, 0.2) is 65.5 Å². The summed E-state index contributed by atoms with van der Waals surface area (Å²) in [5.74, 6) is -2.76. The zero-order valence-electron chi connectivity index (χ0n) is 20.4. The van der Waals surface area contributed by atoms with Crippen LogP contribution in [0.3, 0.4) is 0 Å². The van der Waals surface area contributed by atoms with E-state index < -0.39 is 12.1 Å². The van der Waals surface area contributed by atoms with Gasteiger partial charge in [-0.15, -0.1) is 0 Å². The Morgan fingerprint density at radius 3 is 2.19 bits per heavy atom. The summed E-state index contributed by atoms with van der Waals surface area (Å²) in [6, 6.07) is 19.5. The van der Waals surface area contributed by atoms with Crippen LogP contribution >= 0.6 is 11.6 Å². The second-order valence-corrected chi connectivity index (χ2v) is 9.70. The molecule has 11 heteroatoms. The maximum absolute atomic E-state index is 12.8. The summed E-state index contributed by atoms with van der Waals surface area (Å²) in [7, 11) is 0. The molecule has 0 fully saturated rings. The Morgan fingerprint density at radius 1 is 1.05 bits per heavy atom. The van der Waals surface area contributed by atoms with Gasteiger partial charge in [0.25, 0.3) is 5.56 Å². The fourth-order valence-corrected chi connectivity index (χ4v) is 3.63. The summed E-state index contributed by atoms with van der Waals surface area (Å²) in [5, 5.41) is 17.0. The molecular formula is C26H26ClF3N4O3. The van der Waals surface area contributed by atoms with Crippen LogP contribution in [0.5, 0.6) is 0 Å². The number of carboxylic acid groups (broad SMARTS) is 1. The van der Waals surface area contributed by atoms with E-state index in [9.17, 15) is 18.0 Å². The molecule has 0 aliphatic carbocycles. The number of pyridine rings is 1.